The van der Waals surface area contributed by atoms with Gasteiger partial charge in [0.15, 0.2) is 15.8 Å². The highest BCUT2D eigenvalue weighted by atomic mass is 127. The lowest BCUT2D eigenvalue weighted by molar-refractivity contribution is 0.258. The van der Waals surface area contributed by atoms with E-state index in [2.05, 4.69) is 57.8 Å². The number of rotatable bonds is 7. The van der Waals surface area contributed by atoms with Crippen LogP contribution in [0.1, 0.15) is 30.0 Å². The quantitative estimate of drug-likeness (QED) is 0.312. The molecule has 0 spiro atoms. The summed E-state index contributed by atoms with van der Waals surface area (Å²) in [6, 6.07) is 19.1. The molecule has 1 fully saturated rings. The van der Waals surface area contributed by atoms with Gasteiger partial charge in [-0.2, -0.15) is 0 Å². The van der Waals surface area contributed by atoms with Crippen LogP contribution in [-0.2, 0) is 28.7 Å². The largest absolute Gasteiger partial charge is 0.352 e. The van der Waals surface area contributed by atoms with Crippen molar-refractivity contribution in [3.63, 3.8) is 0 Å². The molecule has 8 heteroatoms. The summed E-state index contributed by atoms with van der Waals surface area (Å²) in [6.45, 7) is 4.86. The van der Waals surface area contributed by atoms with Gasteiger partial charge >= 0.3 is 0 Å². The van der Waals surface area contributed by atoms with Crippen LogP contribution < -0.4 is 10.6 Å². The van der Waals surface area contributed by atoms with E-state index in [9.17, 15) is 8.42 Å². The summed E-state index contributed by atoms with van der Waals surface area (Å²) in [6.07, 6.45) is 2.33. The topological polar surface area (TPSA) is 73.8 Å². The molecule has 0 saturated carbocycles. The Morgan fingerprint density at radius 1 is 1.06 bits per heavy atom. The molecule has 2 atom stereocenters. The van der Waals surface area contributed by atoms with Gasteiger partial charge in [0.25, 0.3) is 0 Å². The first-order chi connectivity index (χ1) is 14.3. The predicted octanol–water partition coefficient (Wildman–Crippen LogP) is 3.18. The van der Waals surface area contributed by atoms with Crippen molar-refractivity contribution < 1.29 is 8.42 Å². The molecular weight excluding hydrogens is 523 g/mol. The van der Waals surface area contributed by atoms with Crippen LogP contribution in [0.5, 0.6) is 0 Å². The molecule has 1 heterocycles. The zero-order chi connectivity index (χ0) is 21.6. The molecule has 2 aromatic rings. The number of sulfone groups is 1. The second kappa shape index (κ2) is 11.8. The van der Waals surface area contributed by atoms with Gasteiger partial charge in [-0.15, -0.1) is 24.0 Å². The van der Waals surface area contributed by atoms with Crippen LogP contribution >= 0.6 is 24.0 Å². The minimum Gasteiger partial charge on any atom is -0.352 e. The number of hydrogen-bond acceptors (Lipinski definition) is 4. The molecule has 31 heavy (non-hydrogen) atoms. The van der Waals surface area contributed by atoms with Crippen LogP contribution in [-0.4, -0.2) is 51.2 Å². The summed E-state index contributed by atoms with van der Waals surface area (Å²) in [5.74, 6) is 0.859. The van der Waals surface area contributed by atoms with Gasteiger partial charge in [0.05, 0.1) is 5.75 Å². The molecule has 0 amide bonds. The lowest BCUT2D eigenvalue weighted by Gasteiger charge is -2.21. The molecular formula is C23H33IN4O2S. The smallest absolute Gasteiger partial charge is 0.191 e. The van der Waals surface area contributed by atoms with E-state index < -0.39 is 9.84 Å². The van der Waals surface area contributed by atoms with Crippen molar-refractivity contribution in [2.24, 2.45) is 4.99 Å². The second-order valence-electron chi connectivity index (χ2n) is 8.15. The van der Waals surface area contributed by atoms with E-state index >= 15 is 0 Å². The first-order valence-electron chi connectivity index (χ1n) is 10.3. The average Bonchev–Trinajstić information content (AvgIpc) is 3.04. The van der Waals surface area contributed by atoms with Crippen LogP contribution in [0.3, 0.4) is 0 Å². The Kier molecular flexibility index (Phi) is 9.77. The third-order valence-corrected chi connectivity index (χ3v) is 6.27. The van der Waals surface area contributed by atoms with E-state index in [0.29, 0.717) is 18.6 Å². The third-order valence-electron chi connectivity index (χ3n) is 5.41. The highest BCUT2D eigenvalue weighted by Crippen LogP contribution is 2.20. The normalized spacial score (nSPS) is 19.6. The van der Waals surface area contributed by atoms with Crippen LogP contribution in [0.2, 0.25) is 0 Å². The van der Waals surface area contributed by atoms with Crippen molar-refractivity contribution in [2.75, 3.05) is 19.8 Å². The number of halogens is 1. The van der Waals surface area contributed by atoms with Crippen molar-refractivity contribution in [3.05, 3.63) is 71.3 Å². The average molecular weight is 557 g/mol. The minimum atomic E-state index is -3.01. The first kappa shape index (κ1) is 25.6. The zero-order valence-electron chi connectivity index (χ0n) is 18.4. The van der Waals surface area contributed by atoms with Crippen LogP contribution in [0, 0.1) is 0 Å². The standard InChI is InChI=1S/C23H32N4O2S.HI/c1-18-13-22(16-27(18)15-20-7-5-4-6-8-20)26-23(24-2)25-14-19-9-11-21(12-10-19)17-30(3,28)29;/h4-12,18,22H,13-17H2,1-3H3,(H2,24,25,26);1H. The molecule has 3 rings (SSSR count). The minimum absolute atomic E-state index is 0. The van der Waals surface area contributed by atoms with Crippen LogP contribution in [0.25, 0.3) is 0 Å². The van der Waals surface area contributed by atoms with Crippen molar-refractivity contribution in [1.82, 2.24) is 15.5 Å². The molecule has 0 bridgehead atoms. The van der Waals surface area contributed by atoms with E-state index in [-0.39, 0.29) is 29.7 Å². The molecule has 1 aliphatic heterocycles. The Morgan fingerprint density at radius 3 is 2.32 bits per heavy atom. The number of hydrogen-bond donors (Lipinski definition) is 2. The Balaban J connectivity index is 0.00000341. The van der Waals surface area contributed by atoms with Gasteiger partial charge < -0.3 is 10.6 Å². The highest BCUT2D eigenvalue weighted by Gasteiger charge is 2.29. The molecule has 2 N–H and O–H groups in total. The second-order valence-corrected chi connectivity index (χ2v) is 10.3. The summed E-state index contributed by atoms with van der Waals surface area (Å²) >= 11 is 0. The zero-order valence-corrected chi connectivity index (χ0v) is 21.6. The highest BCUT2D eigenvalue weighted by molar-refractivity contribution is 14.0. The van der Waals surface area contributed by atoms with Gasteiger partial charge in [-0.3, -0.25) is 9.89 Å². The summed E-state index contributed by atoms with van der Waals surface area (Å²) in [5.41, 5.74) is 3.23. The molecule has 0 aromatic heterocycles. The molecule has 170 valence electrons. The van der Waals surface area contributed by atoms with Gasteiger partial charge in [-0.1, -0.05) is 54.6 Å². The number of aliphatic imine (C=N–C) groups is 1. The maximum atomic E-state index is 11.4. The fourth-order valence-corrected chi connectivity index (χ4v) is 4.67. The maximum Gasteiger partial charge on any atom is 0.191 e. The SMILES string of the molecule is CN=C(NCc1ccc(CS(C)(=O)=O)cc1)NC1CC(C)N(Cc2ccccc2)C1.I. The molecule has 0 radical (unpaired) electrons. The van der Waals surface area contributed by atoms with Gasteiger partial charge in [0, 0.05) is 45.0 Å². The monoisotopic (exact) mass is 556 g/mol. The summed E-state index contributed by atoms with van der Waals surface area (Å²) in [4.78, 5) is 6.86. The van der Waals surface area contributed by atoms with Crippen molar-refractivity contribution in [3.8, 4) is 0 Å². The van der Waals surface area contributed by atoms with E-state index in [0.717, 1.165) is 36.6 Å². The van der Waals surface area contributed by atoms with Gasteiger partial charge in [0.1, 0.15) is 0 Å². The van der Waals surface area contributed by atoms with E-state index in [4.69, 9.17) is 0 Å². The molecule has 2 aromatic carbocycles. The molecule has 0 aliphatic carbocycles. The van der Waals surface area contributed by atoms with Crippen LogP contribution in [0.4, 0.5) is 0 Å². The number of benzene rings is 2. The third kappa shape index (κ3) is 8.42. The number of nitrogens with zero attached hydrogens (tertiary/aromatic N) is 2. The summed E-state index contributed by atoms with van der Waals surface area (Å²) < 4.78 is 22.8. The lowest BCUT2D eigenvalue weighted by Crippen LogP contribution is -2.44. The van der Waals surface area contributed by atoms with Crippen molar-refractivity contribution in [2.45, 2.75) is 44.3 Å². The predicted molar refractivity (Wildman–Crippen MR) is 138 cm³/mol. The molecule has 2 unspecified atom stereocenters. The van der Waals surface area contributed by atoms with Crippen molar-refractivity contribution in [1.29, 1.82) is 0 Å². The Labute approximate surface area is 203 Å². The Morgan fingerprint density at radius 2 is 1.71 bits per heavy atom. The summed E-state index contributed by atoms with van der Waals surface area (Å²) in [7, 11) is -1.23. The lowest BCUT2D eigenvalue weighted by atomic mass is 10.1. The van der Waals surface area contributed by atoms with Crippen molar-refractivity contribution >= 4 is 39.8 Å². The number of nitrogens with one attached hydrogen (secondary N) is 2. The number of guanidine groups is 1. The molecule has 6 nitrogen and oxygen atoms in total. The van der Waals surface area contributed by atoms with Crippen LogP contribution in [0.15, 0.2) is 59.6 Å². The van der Waals surface area contributed by atoms with E-state index in [1.807, 2.05) is 24.3 Å². The van der Waals surface area contributed by atoms with Gasteiger partial charge in [0.2, 0.25) is 0 Å². The number of likely N-dealkylation sites (tertiary alicyclic amines) is 1. The van der Waals surface area contributed by atoms with E-state index in [1.54, 1.807) is 7.05 Å². The molecule has 1 aliphatic rings. The van der Waals surface area contributed by atoms with E-state index in [1.165, 1.54) is 11.8 Å². The fraction of sp³-hybridized carbons (Fsp3) is 0.435. The van der Waals surface area contributed by atoms with Gasteiger partial charge in [-0.05, 0) is 30.0 Å². The molecule has 1 saturated heterocycles. The maximum absolute atomic E-state index is 11.4. The summed E-state index contributed by atoms with van der Waals surface area (Å²) in [5, 5.41) is 6.90. The van der Waals surface area contributed by atoms with Gasteiger partial charge in [-0.25, -0.2) is 8.42 Å². The first-order valence-corrected chi connectivity index (χ1v) is 12.4. The Hall–Kier alpha value is -1.65. The fourth-order valence-electron chi connectivity index (χ4n) is 3.87. The Bertz CT molecular complexity index is 949.